The van der Waals surface area contributed by atoms with Gasteiger partial charge in [0, 0.05) is 19.2 Å². The zero-order valence-electron chi connectivity index (χ0n) is 25.0. The lowest BCUT2D eigenvalue weighted by molar-refractivity contribution is -0.132. The van der Waals surface area contributed by atoms with E-state index in [0.29, 0.717) is 11.5 Å². The largest absolute Gasteiger partial charge is 0.444 e. The SMILES string of the molecule is CCOCCN1CCC(c2ccc(CCC(NC(=O)C3C4CCC(C4)N3C(=O)OC(C)(C)C)C(N)=O)c(F)c2)CC1. The van der Waals surface area contributed by atoms with E-state index in [4.69, 9.17) is 15.2 Å². The van der Waals surface area contributed by atoms with Crippen LogP contribution in [-0.4, -0.2) is 84.3 Å². The molecule has 2 heterocycles. The Labute approximate surface area is 243 Å². The minimum absolute atomic E-state index is 0.0163. The maximum Gasteiger partial charge on any atom is 0.411 e. The molecule has 4 atom stereocenters. The third-order valence-corrected chi connectivity index (χ3v) is 8.71. The number of aryl methyl sites for hydroxylation is 1. The van der Waals surface area contributed by atoms with Crippen LogP contribution in [0.5, 0.6) is 0 Å². The quantitative estimate of drug-likeness (QED) is 0.390. The summed E-state index contributed by atoms with van der Waals surface area (Å²) < 4.78 is 26.2. The molecule has 1 aromatic rings. The van der Waals surface area contributed by atoms with Crippen LogP contribution in [-0.2, 0) is 25.5 Å². The maximum absolute atomic E-state index is 15.1. The minimum Gasteiger partial charge on any atom is -0.444 e. The molecule has 41 heavy (non-hydrogen) atoms. The van der Waals surface area contributed by atoms with E-state index < -0.39 is 35.6 Å². The summed E-state index contributed by atoms with van der Waals surface area (Å²) in [4.78, 5) is 42.5. The highest BCUT2D eigenvalue weighted by atomic mass is 19.1. The second kappa shape index (κ2) is 13.5. The molecular formula is C31H47FN4O5. The van der Waals surface area contributed by atoms with Gasteiger partial charge in [-0.3, -0.25) is 14.5 Å². The van der Waals surface area contributed by atoms with Crippen molar-refractivity contribution in [1.82, 2.24) is 15.1 Å². The first-order valence-electron chi connectivity index (χ1n) is 15.2. The van der Waals surface area contributed by atoms with Crippen LogP contribution in [0.1, 0.15) is 83.3 Å². The smallest absolute Gasteiger partial charge is 0.411 e. The number of benzene rings is 1. The number of piperidine rings is 2. The average molecular weight is 575 g/mol. The van der Waals surface area contributed by atoms with E-state index in [9.17, 15) is 14.4 Å². The van der Waals surface area contributed by atoms with Crippen molar-refractivity contribution in [1.29, 1.82) is 0 Å². The fourth-order valence-electron chi connectivity index (χ4n) is 6.59. The normalized spacial score (nSPS) is 23.9. The first-order valence-corrected chi connectivity index (χ1v) is 15.2. The number of primary amides is 1. The monoisotopic (exact) mass is 574 g/mol. The van der Waals surface area contributed by atoms with Gasteiger partial charge < -0.3 is 25.4 Å². The molecule has 3 aliphatic rings. The number of amides is 3. The molecule has 1 saturated carbocycles. The third-order valence-electron chi connectivity index (χ3n) is 8.71. The van der Waals surface area contributed by atoms with E-state index in [2.05, 4.69) is 10.2 Å². The second-order valence-electron chi connectivity index (χ2n) is 12.7. The first kappa shape index (κ1) is 31.2. The molecule has 228 valence electrons. The van der Waals surface area contributed by atoms with Crippen LogP contribution < -0.4 is 11.1 Å². The third kappa shape index (κ3) is 7.97. The number of likely N-dealkylation sites (tertiary alicyclic amines) is 2. The Hall–Kier alpha value is -2.72. The van der Waals surface area contributed by atoms with Gasteiger partial charge in [0.15, 0.2) is 0 Å². The number of hydrogen-bond donors (Lipinski definition) is 2. The van der Waals surface area contributed by atoms with Crippen LogP contribution in [0.2, 0.25) is 0 Å². The zero-order chi connectivity index (χ0) is 29.7. The van der Waals surface area contributed by atoms with Crippen molar-refractivity contribution in [3.8, 4) is 0 Å². The fourth-order valence-corrected chi connectivity index (χ4v) is 6.59. The molecule has 2 saturated heterocycles. The van der Waals surface area contributed by atoms with Crippen molar-refractivity contribution in [2.24, 2.45) is 11.7 Å². The number of hydrogen-bond acceptors (Lipinski definition) is 6. The Balaban J connectivity index is 1.33. The van der Waals surface area contributed by atoms with Crippen molar-refractivity contribution < 1.29 is 28.2 Å². The lowest BCUT2D eigenvalue weighted by Crippen LogP contribution is -2.57. The highest BCUT2D eigenvalue weighted by Crippen LogP contribution is 2.43. The Kier molecular flexibility index (Phi) is 10.3. The van der Waals surface area contributed by atoms with Crippen LogP contribution in [0.3, 0.4) is 0 Å². The number of halogens is 1. The molecule has 3 fully saturated rings. The number of carbonyl (C=O) groups excluding carboxylic acids is 3. The van der Waals surface area contributed by atoms with Crippen LogP contribution in [0.4, 0.5) is 9.18 Å². The maximum atomic E-state index is 15.1. The Morgan fingerprint density at radius 2 is 1.88 bits per heavy atom. The van der Waals surface area contributed by atoms with Crippen LogP contribution in [0.15, 0.2) is 18.2 Å². The average Bonchev–Trinajstić information content (AvgIpc) is 3.53. The van der Waals surface area contributed by atoms with Gasteiger partial charge in [0.2, 0.25) is 11.8 Å². The van der Waals surface area contributed by atoms with Crippen molar-refractivity contribution in [2.75, 3.05) is 32.8 Å². The molecule has 10 heteroatoms. The second-order valence-corrected chi connectivity index (χ2v) is 12.7. The van der Waals surface area contributed by atoms with E-state index in [0.717, 1.165) is 70.5 Å². The molecule has 2 aliphatic heterocycles. The lowest BCUT2D eigenvalue weighted by Gasteiger charge is -2.36. The number of fused-ring (bicyclic) bond motifs is 2. The van der Waals surface area contributed by atoms with Gasteiger partial charge in [-0.1, -0.05) is 12.1 Å². The Morgan fingerprint density at radius 1 is 1.15 bits per heavy atom. The standard InChI is InChI=1S/C31H47FN4O5/c1-5-40-17-16-35-14-12-20(13-15-35)22-7-6-21(25(32)19-22)9-11-26(28(33)37)34-29(38)27-23-8-10-24(18-23)36(27)30(39)41-31(2,3)4/h6-7,19-20,23-24,26-27H,5,8-18H2,1-4H3,(H2,33,37)(H,34,38). The molecule has 1 aromatic carbocycles. The summed E-state index contributed by atoms with van der Waals surface area (Å²) in [6.45, 7) is 11.7. The van der Waals surface area contributed by atoms with Gasteiger partial charge in [-0.25, -0.2) is 9.18 Å². The van der Waals surface area contributed by atoms with Gasteiger partial charge >= 0.3 is 6.09 Å². The molecular weight excluding hydrogens is 527 g/mol. The Morgan fingerprint density at radius 3 is 2.51 bits per heavy atom. The molecule has 0 radical (unpaired) electrons. The number of carbonyl (C=O) groups is 3. The van der Waals surface area contributed by atoms with Gasteiger partial charge in [0.05, 0.1) is 6.61 Å². The van der Waals surface area contributed by atoms with Crippen LogP contribution in [0.25, 0.3) is 0 Å². The van der Waals surface area contributed by atoms with Crippen molar-refractivity contribution >= 4 is 17.9 Å². The predicted molar refractivity (Wildman–Crippen MR) is 154 cm³/mol. The molecule has 4 unspecified atom stereocenters. The summed E-state index contributed by atoms with van der Waals surface area (Å²) in [7, 11) is 0. The lowest BCUT2D eigenvalue weighted by atomic mass is 9.88. The summed E-state index contributed by atoms with van der Waals surface area (Å²) in [6, 6.07) is 3.65. The summed E-state index contributed by atoms with van der Waals surface area (Å²) in [5.41, 5.74) is 6.44. The van der Waals surface area contributed by atoms with E-state index >= 15 is 4.39 Å². The Bertz CT molecular complexity index is 1080. The number of ether oxygens (including phenoxy) is 2. The molecule has 2 bridgehead atoms. The summed E-state index contributed by atoms with van der Waals surface area (Å²) in [6.07, 6.45) is 4.27. The summed E-state index contributed by atoms with van der Waals surface area (Å²) in [5, 5.41) is 2.77. The molecule has 0 spiro atoms. The molecule has 4 rings (SSSR count). The summed E-state index contributed by atoms with van der Waals surface area (Å²) >= 11 is 0. The topological polar surface area (TPSA) is 114 Å². The number of nitrogens with one attached hydrogen (secondary N) is 1. The first-order chi connectivity index (χ1) is 19.5. The number of rotatable bonds is 11. The molecule has 3 N–H and O–H groups in total. The van der Waals surface area contributed by atoms with Crippen LogP contribution in [0, 0.1) is 11.7 Å². The molecule has 9 nitrogen and oxygen atoms in total. The molecule has 0 aromatic heterocycles. The number of nitrogens with two attached hydrogens (primary N) is 1. The fraction of sp³-hybridized carbons (Fsp3) is 0.710. The highest BCUT2D eigenvalue weighted by molar-refractivity contribution is 5.91. The minimum atomic E-state index is -0.970. The zero-order valence-corrected chi connectivity index (χ0v) is 25.0. The highest BCUT2D eigenvalue weighted by Gasteiger charge is 2.52. The van der Waals surface area contributed by atoms with Gasteiger partial charge in [0.25, 0.3) is 0 Å². The molecule has 3 amide bonds. The van der Waals surface area contributed by atoms with Gasteiger partial charge in [0.1, 0.15) is 23.5 Å². The van der Waals surface area contributed by atoms with Crippen molar-refractivity contribution in [3.05, 3.63) is 35.1 Å². The van der Waals surface area contributed by atoms with Crippen LogP contribution >= 0.6 is 0 Å². The molecule has 1 aliphatic carbocycles. The van der Waals surface area contributed by atoms with Gasteiger partial charge in [-0.15, -0.1) is 0 Å². The van der Waals surface area contributed by atoms with E-state index in [-0.39, 0.29) is 30.6 Å². The van der Waals surface area contributed by atoms with E-state index in [1.54, 1.807) is 32.9 Å². The van der Waals surface area contributed by atoms with E-state index in [1.807, 2.05) is 13.0 Å². The van der Waals surface area contributed by atoms with Crippen molar-refractivity contribution in [2.45, 2.75) is 102 Å². The summed E-state index contributed by atoms with van der Waals surface area (Å²) in [5.74, 6) is -1.06. The predicted octanol–water partition coefficient (Wildman–Crippen LogP) is 3.73. The number of nitrogens with zero attached hydrogens (tertiary/aromatic N) is 2. The van der Waals surface area contributed by atoms with Crippen molar-refractivity contribution in [3.63, 3.8) is 0 Å². The van der Waals surface area contributed by atoms with Gasteiger partial charge in [-0.2, -0.15) is 0 Å². The van der Waals surface area contributed by atoms with E-state index in [1.165, 1.54) is 4.90 Å². The van der Waals surface area contributed by atoms with Gasteiger partial charge in [-0.05, 0) is 115 Å².